The van der Waals surface area contributed by atoms with Crippen LogP contribution in [0.5, 0.6) is 0 Å². The van der Waals surface area contributed by atoms with Crippen molar-refractivity contribution < 1.29 is 4.79 Å². The van der Waals surface area contributed by atoms with Gasteiger partial charge in [-0.1, -0.05) is 35.9 Å². The number of piperidine rings is 1. The molecule has 4 rings (SSSR count). The Labute approximate surface area is 166 Å². The normalized spacial score (nSPS) is 16.8. The lowest BCUT2D eigenvalue weighted by atomic mass is 9.90. The molecule has 0 aliphatic carbocycles. The number of hydrogen-bond donors (Lipinski definition) is 0. The maximum atomic E-state index is 12.9. The van der Waals surface area contributed by atoms with Gasteiger partial charge in [0, 0.05) is 36.5 Å². The van der Waals surface area contributed by atoms with E-state index < -0.39 is 0 Å². The van der Waals surface area contributed by atoms with Crippen LogP contribution < -0.4 is 4.90 Å². The highest BCUT2D eigenvalue weighted by atomic mass is 16.1. The third-order valence-electron chi connectivity index (χ3n) is 5.48. The van der Waals surface area contributed by atoms with Crippen LogP contribution in [0.3, 0.4) is 0 Å². The van der Waals surface area contributed by atoms with E-state index in [2.05, 4.69) is 41.1 Å². The standard InChI is InChI=1S/C24H25N3O/c1-17-7-3-8-19(15-17)20-9-6-14-27(16-20)23-12-4-11-22(26-23)24(28)21-10-5-13-25-18(21)2/h3-5,7-8,10-13,15,20H,6,9,14,16H2,1-2H3. The Bertz CT molecular complexity index is 998. The molecule has 1 aliphatic rings. The van der Waals surface area contributed by atoms with Gasteiger partial charge < -0.3 is 4.90 Å². The van der Waals surface area contributed by atoms with Gasteiger partial charge in [0.05, 0.1) is 0 Å². The average Bonchev–Trinajstić information content (AvgIpc) is 2.74. The summed E-state index contributed by atoms with van der Waals surface area (Å²) in [5.74, 6) is 1.31. The van der Waals surface area contributed by atoms with Gasteiger partial charge in [0.15, 0.2) is 0 Å². The van der Waals surface area contributed by atoms with Gasteiger partial charge in [-0.3, -0.25) is 9.78 Å². The lowest BCUT2D eigenvalue weighted by Gasteiger charge is -2.34. The molecule has 3 heterocycles. The number of aryl methyl sites for hydroxylation is 2. The van der Waals surface area contributed by atoms with Gasteiger partial charge in [-0.15, -0.1) is 0 Å². The largest absolute Gasteiger partial charge is 0.356 e. The quantitative estimate of drug-likeness (QED) is 0.623. The molecule has 0 N–H and O–H groups in total. The summed E-state index contributed by atoms with van der Waals surface area (Å²) in [7, 11) is 0. The summed E-state index contributed by atoms with van der Waals surface area (Å²) in [5, 5.41) is 0. The lowest BCUT2D eigenvalue weighted by Crippen LogP contribution is -2.35. The number of benzene rings is 1. The molecule has 3 aromatic rings. The van der Waals surface area contributed by atoms with E-state index in [1.54, 1.807) is 18.3 Å². The number of nitrogens with zero attached hydrogens (tertiary/aromatic N) is 3. The van der Waals surface area contributed by atoms with Crippen LogP contribution in [0, 0.1) is 13.8 Å². The SMILES string of the molecule is Cc1cccc(C2CCCN(c3cccc(C(=O)c4cccnc4C)n3)C2)c1. The monoisotopic (exact) mass is 371 g/mol. The second-order valence-electron chi connectivity index (χ2n) is 7.55. The first kappa shape index (κ1) is 18.4. The van der Waals surface area contributed by atoms with Crippen LogP contribution in [0.25, 0.3) is 0 Å². The van der Waals surface area contributed by atoms with Crippen molar-refractivity contribution in [3.05, 3.63) is 88.9 Å². The highest BCUT2D eigenvalue weighted by Crippen LogP contribution is 2.30. The molecule has 0 radical (unpaired) electrons. The van der Waals surface area contributed by atoms with E-state index in [1.165, 1.54) is 17.5 Å². The van der Waals surface area contributed by atoms with E-state index in [0.29, 0.717) is 17.2 Å². The van der Waals surface area contributed by atoms with Crippen LogP contribution in [0.15, 0.2) is 60.8 Å². The minimum absolute atomic E-state index is 0.0697. The third-order valence-corrected chi connectivity index (χ3v) is 5.48. The smallest absolute Gasteiger partial charge is 0.213 e. The molecule has 0 bridgehead atoms. The van der Waals surface area contributed by atoms with Gasteiger partial charge in [-0.25, -0.2) is 4.98 Å². The Kier molecular flexibility index (Phi) is 5.20. The summed E-state index contributed by atoms with van der Waals surface area (Å²) in [6.07, 6.45) is 4.02. The fraction of sp³-hybridized carbons (Fsp3) is 0.292. The highest BCUT2D eigenvalue weighted by molar-refractivity contribution is 6.08. The van der Waals surface area contributed by atoms with Crippen molar-refractivity contribution in [2.45, 2.75) is 32.6 Å². The van der Waals surface area contributed by atoms with Crippen molar-refractivity contribution in [3.63, 3.8) is 0 Å². The van der Waals surface area contributed by atoms with Crippen LogP contribution in [-0.2, 0) is 0 Å². The van der Waals surface area contributed by atoms with Gasteiger partial charge in [0.2, 0.25) is 5.78 Å². The average molecular weight is 371 g/mol. The summed E-state index contributed by atoms with van der Waals surface area (Å²) in [5.41, 5.74) is 4.52. The first-order valence-corrected chi connectivity index (χ1v) is 9.87. The highest BCUT2D eigenvalue weighted by Gasteiger charge is 2.23. The number of rotatable bonds is 4. The maximum Gasteiger partial charge on any atom is 0.213 e. The zero-order valence-corrected chi connectivity index (χ0v) is 16.4. The topological polar surface area (TPSA) is 46.1 Å². The van der Waals surface area contributed by atoms with Crippen LogP contribution in [0.4, 0.5) is 5.82 Å². The van der Waals surface area contributed by atoms with Crippen molar-refractivity contribution in [1.29, 1.82) is 0 Å². The van der Waals surface area contributed by atoms with Crippen LogP contribution in [0.1, 0.15) is 51.6 Å². The molecular weight excluding hydrogens is 346 g/mol. The fourth-order valence-corrected chi connectivity index (χ4v) is 3.97. The van der Waals surface area contributed by atoms with Gasteiger partial charge >= 0.3 is 0 Å². The lowest BCUT2D eigenvalue weighted by molar-refractivity contribution is 0.103. The first-order chi connectivity index (χ1) is 13.6. The summed E-state index contributed by atoms with van der Waals surface area (Å²) < 4.78 is 0. The van der Waals surface area contributed by atoms with E-state index >= 15 is 0 Å². The van der Waals surface area contributed by atoms with Crippen LogP contribution >= 0.6 is 0 Å². The van der Waals surface area contributed by atoms with Crippen molar-refractivity contribution in [2.75, 3.05) is 18.0 Å². The van der Waals surface area contributed by atoms with Gasteiger partial charge in [0.25, 0.3) is 0 Å². The second-order valence-corrected chi connectivity index (χ2v) is 7.55. The zero-order chi connectivity index (χ0) is 19.5. The van der Waals surface area contributed by atoms with E-state index in [9.17, 15) is 4.79 Å². The van der Waals surface area contributed by atoms with Gasteiger partial charge in [-0.2, -0.15) is 0 Å². The Morgan fingerprint density at radius 1 is 1.07 bits per heavy atom. The molecule has 2 aromatic heterocycles. The molecule has 0 spiro atoms. The molecule has 1 unspecified atom stereocenters. The second kappa shape index (κ2) is 7.93. The van der Waals surface area contributed by atoms with Crippen molar-refractivity contribution >= 4 is 11.6 Å². The molecule has 4 heteroatoms. The summed E-state index contributed by atoms with van der Waals surface area (Å²) in [6.45, 7) is 5.90. The summed E-state index contributed by atoms with van der Waals surface area (Å²) in [6, 6.07) is 18.1. The Balaban J connectivity index is 1.57. The Hall–Kier alpha value is -3.01. The van der Waals surface area contributed by atoms with Gasteiger partial charge in [0.1, 0.15) is 11.5 Å². The van der Waals surface area contributed by atoms with Crippen molar-refractivity contribution in [1.82, 2.24) is 9.97 Å². The molecule has 1 aliphatic heterocycles. The predicted octanol–water partition coefficient (Wildman–Crippen LogP) is 4.71. The van der Waals surface area contributed by atoms with Crippen molar-refractivity contribution in [2.24, 2.45) is 0 Å². The van der Waals surface area contributed by atoms with Crippen molar-refractivity contribution in [3.8, 4) is 0 Å². The number of carbonyl (C=O) groups is 1. The van der Waals surface area contributed by atoms with Gasteiger partial charge in [-0.05, 0) is 56.5 Å². The molecule has 142 valence electrons. The third kappa shape index (κ3) is 3.81. The van der Waals surface area contributed by atoms with E-state index in [4.69, 9.17) is 4.98 Å². The number of aromatic nitrogens is 2. The molecule has 1 saturated heterocycles. The molecule has 28 heavy (non-hydrogen) atoms. The molecule has 4 nitrogen and oxygen atoms in total. The van der Waals surface area contributed by atoms with Crippen LogP contribution in [0.2, 0.25) is 0 Å². The molecule has 1 atom stereocenters. The number of carbonyl (C=O) groups excluding carboxylic acids is 1. The summed E-state index contributed by atoms with van der Waals surface area (Å²) >= 11 is 0. The molecule has 0 saturated carbocycles. The zero-order valence-electron chi connectivity index (χ0n) is 16.4. The minimum atomic E-state index is -0.0697. The molecule has 0 amide bonds. The molecular formula is C24H25N3O. The first-order valence-electron chi connectivity index (χ1n) is 9.87. The van der Waals surface area contributed by atoms with E-state index in [-0.39, 0.29) is 5.78 Å². The molecule has 1 fully saturated rings. The van der Waals surface area contributed by atoms with E-state index in [0.717, 1.165) is 31.0 Å². The Morgan fingerprint density at radius 3 is 2.75 bits per heavy atom. The number of hydrogen-bond acceptors (Lipinski definition) is 4. The number of pyridine rings is 2. The number of anilines is 1. The summed E-state index contributed by atoms with van der Waals surface area (Å²) in [4.78, 5) is 24.2. The van der Waals surface area contributed by atoms with E-state index in [1.807, 2.05) is 25.1 Å². The minimum Gasteiger partial charge on any atom is -0.356 e. The molecule has 1 aromatic carbocycles. The predicted molar refractivity (Wildman–Crippen MR) is 112 cm³/mol. The van der Waals surface area contributed by atoms with Crippen LogP contribution in [-0.4, -0.2) is 28.8 Å². The maximum absolute atomic E-state index is 12.9. The number of ketones is 1. The Morgan fingerprint density at radius 2 is 1.93 bits per heavy atom. The fourth-order valence-electron chi connectivity index (χ4n) is 3.97.